The summed E-state index contributed by atoms with van der Waals surface area (Å²) < 4.78 is 0. The van der Waals surface area contributed by atoms with Crippen molar-refractivity contribution < 1.29 is 0 Å². The van der Waals surface area contributed by atoms with Gasteiger partial charge in [0.2, 0.25) is 0 Å². The molecule has 1 atom stereocenters. The third-order valence-electron chi connectivity index (χ3n) is 7.62. The molecule has 6 aromatic rings. The fourth-order valence-electron chi connectivity index (χ4n) is 5.75. The van der Waals surface area contributed by atoms with Crippen LogP contribution in [0.3, 0.4) is 0 Å². The maximum atomic E-state index is 6.45. The summed E-state index contributed by atoms with van der Waals surface area (Å²) in [5.74, 6) is 0.575. The van der Waals surface area contributed by atoms with Crippen molar-refractivity contribution in [3.63, 3.8) is 0 Å². The zero-order chi connectivity index (χ0) is 24.8. The van der Waals surface area contributed by atoms with Crippen LogP contribution in [-0.4, -0.2) is 5.84 Å². The molecule has 0 saturated heterocycles. The minimum atomic E-state index is 0.211. The predicted molar refractivity (Wildman–Crippen MR) is 156 cm³/mol. The van der Waals surface area contributed by atoms with E-state index >= 15 is 0 Å². The summed E-state index contributed by atoms with van der Waals surface area (Å²) in [6.45, 7) is 0.580. The average molecular weight is 478 g/mol. The van der Waals surface area contributed by atoms with E-state index in [2.05, 4.69) is 107 Å². The lowest BCUT2D eigenvalue weighted by Crippen LogP contribution is -2.13. The molecule has 178 valence electrons. The van der Waals surface area contributed by atoms with Gasteiger partial charge in [0.1, 0.15) is 5.84 Å². The van der Waals surface area contributed by atoms with Crippen molar-refractivity contribution in [2.24, 2.45) is 10.7 Å². The number of amidine groups is 1. The molecule has 3 nitrogen and oxygen atoms in total. The Labute approximate surface area is 216 Å². The number of hydrogen-bond acceptors (Lipinski definition) is 2. The fraction of sp³-hybridized carbons (Fsp3) is 0.0882. The molecule has 0 saturated carbocycles. The second-order valence-electron chi connectivity index (χ2n) is 9.85. The number of fused-ring (bicyclic) bond motifs is 6. The maximum Gasteiger partial charge on any atom is 0.125 e. The molecule has 7 rings (SSSR count). The molecule has 6 aromatic carbocycles. The predicted octanol–water partition coefficient (Wildman–Crippen LogP) is 7.76. The van der Waals surface area contributed by atoms with Gasteiger partial charge in [-0.15, -0.1) is 0 Å². The molecular formula is C34H27N3. The number of hydrogen-bond donors (Lipinski definition) is 2. The largest absolute Gasteiger partial charge is 0.383 e. The lowest BCUT2D eigenvalue weighted by atomic mass is 9.91. The van der Waals surface area contributed by atoms with Crippen LogP contribution < -0.4 is 11.1 Å². The molecule has 0 aliphatic carbocycles. The van der Waals surface area contributed by atoms with E-state index < -0.39 is 0 Å². The summed E-state index contributed by atoms with van der Waals surface area (Å²) in [7, 11) is 0. The average Bonchev–Trinajstić information content (AvgIpc) is 3.41. The molecule has 1 heterocycles. The molecule has 1 aliphatic heterocycles. The normalized spacial score (nSPS) is 15.2. The quantitative estimate of drug-likeness (QED) is 0.155. The van der Waals surface area contributed by atoms with Crippen molar-refractivity contribution in [2.45, 2.75) is 19.0 Å². The van der Waals surface area contributed by atoms with E-state index in [1.165, 1.54) is 49.1 Å². The Morgan fingerprint density at radius 3 is 2.30 bits per heavy atom. The first-order valence-electron chi connectivity index (χ1n) is 12.8. The van der Waals surface area contributed by atoms with Crippen LogP contribution in [0, 0.1) is 0 Å². The first-order valence-corrected chi connectivity index (χ1v) is 12.8. The summed E-state index contributed by atoms with van der Waals surface area (Å²) in [4.78, 5) is 4.67. The van der Waals surface area contributed by atoms with Crippen LogP contribution in [0.2, 0.25) is 0 Å². The number of nitrogens with zero attached hydrogens (tertiary/aromatic N) is 1. The molecule has 0 bridgehead atoms. The molecule has 1 aliphatic rings. The molecular weight excluding hydrogens is 450 g/mol. The van der Waals surface area contributed by atoms with Crippen molar-refractivity contribution >= 4 is 43.8 Å². The van der Waals surface area contributed by atoms with Gasteiger partial charge in [0, 0.05) is 11.3 Å². The lowest BCUT2D eigenvalue weighted by Gasteiger charge is -2.17. The van der Waals surface area contributed by atoms with Gasteiger partial charge in [-0.1, -0.05) is 97.1 Å². The Balaban J connectivity index is 1.27. The lowest BCUT2D eigenvalue weighted by molar-refractivity contribution is 0.836. The summed E-state index contributed by atoms with van der Waals surface area (Å²) in [5, 5.41) is 11.5. The van der Waals surface area contributed by atoms with Crippen LogP contribution in [0.1, 0.15) is 28.3 Å². The van der Waals surface area contributed by atoms with Crippen molar-refractivity contribution in [3.8, 4) is 0 Å². The third-order valence-corrected chi connectivity index (χ3v) is 7.62. The number of aliphatic imine (C=N–C) groups is 1. The van der Waals surface area contributed by atoms with Gasteiger partial charge >= 0.3 is 0 Å². The van der Waals surface area contributed by atoms with Gasteiger partial charge in [0.15, 0.2) is 0 Å². The smallest absolute Gasteiger partial charge is 0.125 e. The Bertz CT molecular complexity index is 1820. The monoisotopic (exact) mass is 477 g/mol. The van der Waals surface area contributed by atoms with Crippen molar-refractivity contribution in [1.82, 2.24) is 0 Å². The minimum Gasteiger partial charge on any atom is -0.383 e. The second kappa shape index (κ2) is 8.79. The van der Waals surface area contributed by atoms with Gasteiger partial charge in [0.25, 0.3) is 0 Å². The highest BCUT2D eigenvalue weighted by Crippen LogP contribution is 2.42. The molecule has 0 fully saturated rings. The van der Waals surface area contributed by atoms with Gasteiger partial charge in [0.05, 0.1) is 12.6 Å². The van der Waals surface area contributed by atoms with E-state index in [0.717, 1.165) is 17.5 Å². The molecule has 3 N–H and O–H groups in total. The van der Waals surface area contributed by atoms with Crippen LogP contribution >= 0.6 is 0 Å². The van der Waals surface area contributed by atoms with Crippen molar-refractivity contribution in [3.05, 3.63) is 138 Å². The zero-order valence-electron chi connectivity index (χ0n) is 20.5. The highest BCUT2D eigenvalue weighted by molar-refractivity contribution is 6.09. The van der Waals surface area contributed by atoms with Crippen molar-refractivity contribution in [1.29, 1.82) is 0 Å². The molecule has 0 spiro atoms. The number of benzene rings is 6. The van der Waals surface area contributed by atoms with Crippen LogP contribution in [0.15, 0.2) is 120 Å². The Morgan fingerprint density at radius 2 is 1.43 bits per heavy atom. The van der Waals surface area contributed by atoms with Crippen LogP contribution in [-0.2, 0) is 13.0 Å². The molecule has 0 aromatic heterocycles. The number of rotatable bonds is 4. The SMILES string of the molecule is NC(=NCc1ccccc1)c1ccc2ccc3c(c2c1)CC(c1cc2ccccc2c2ccccc12)N3. The van der Waals surface area contributed by atoms with Crippen molar-refractivity contribution in [2.75, 3.05) is 5.32 Å². The summed E-state index contributed by atoms with van der Waals surface area (Å²) in [6.07, 6.45) is 0.930. The van der Waals surface area contributed by atoms with Crippen LogP contribution in [0.4, 0.5) is 5.69 Å². The van der Waals surface area contributed by atoms with E-state index in [1.807, 2.05) is 18.2 Å². The third kappa shape index (κ3) is 3.80. The summed E-state index contributed by atoms with van der Waals surface area (Å²) >= 11 is 0. The van der Waals surface area contributed by atoms with E-state index in [-0.39, 0.29) is 6.04 Å². The standard InChI is InChI=1S/C34H27N3/c35-34(36-21-22-8-2-1-3-9-22)25-15-14-23-16-17-32-31(29(23)19-25)20-33(37-32)30-18-24-10-4-5-11-26(24)27-12-6-7-13-28(27)30/h1-19,33,37H,20-21H2,(H2,35,36). The van der Waals surface area contributed by atoms with Crippen LogP contribution in [0.25, 0.3) is 32.3 Å². The maximum absolute atomic E-state index is 6.45. The first kappa shape index (κ1) is 21.6. The highest BCUT2D eigenvalue weighted by Gasteiger charge is 2.26. The van der Waals surface area contributed by atoms with Gasteiger partial charge in [-0.2, -0.15) is 0 Å². The molecule has 0 radical (unpaired) electrons. The first-order chi connectivity index (χ1) is 18.2. The molecule has 37 heavy (non-hydrogen) atoms. The van der Waals surface area contributed by atoms with Crippen LogP contribution in [0.5, 0.6) is 0 Å². The van der Waals surface area contributed by atoms with Gasteiger partial charge in [-0.25, -0.2) is 0 Å². The Morgan fingerprint density at radius 1 is 0.703 bits per heavy atom. The highest BCUT2D eigenvalue weighted by atomic mass is 15.0. The van der Waals surface area contributed by atoms with E-state index in [4.69, 9.17) is 5.73 Å². The fourth-order valence-corrected chi connectivity index (χ4v) is 5.75. The topological polar surface area (TPSA) is 50.4 Å². The van der Waals surface area contributed by atoms with Gasteiger partial charge in [-0.05, 0) is 73.6 Å². The number of anilines is 1. The zero-order valence-corrected chi connectivity index (χ0v) is 20.5. The molecule has 0 amide bonds. The van der Waals surface area contributed by atoms with Gasteiger partial charge in [-0.3, -0.25) is 4.99 Å². The Kier molecular flexibility index (Phi) is 5.14. The van der Waals surface area contributed by atoms with Gasteiger partial charge < -0.3 is 11.1 Å². The van der Waals surface area contributed by atoms with E-state index in [9.17, 15) is 0 Å². The summed E-state index contributed by atoms with van der Waals surface area (Å²) in [5.41, 5.74) is 12.5. The second-order valence-corrected chi connectivity index (χ2v) is 9.85. The Hall–Kier alpha value is -4.63. The molecule has 3 heteroatoms. The number of nitrogens with one attached hydrogen (secondary N) is 1. The number of nitrogens with two attached hydrogens (primary N) is 1. The van der Waals surface area contributed by atoms with E-state index in [0.29, 0.717) is 12.4 Å². The van der Waals surface area contributed by atoms with E-state index in [1.54, 1.807) is 0 Å². The summed E-state index contributed by atoms with van der Waals surface area (Å²) in [6, 6.07) is 41.1. The minimum absolute atomic E-state index is 0.211. The molecule has 1 unspecified atom stereocenters.